The zero-order chi connectivity index (χ0) is 28.6. The lowest BCUT2D eigenvalue weighted by atomic mass is 10.1. The van der Waals surface area contributed by atoms with E-state index in [0.29, 0.717) is 4.31 Å². The summed E-state index contributed by atoms with van der Waals surface area (Å²) in [7, 11) is -12.8. The second-order valence-electron chi connectivity index (χ2n) is 8.80. The number of rotatable bonds is 10. The minimum Gasteiger partial charge on any atom is -0.478 e. The van der Waals surface area contributed by atoms with Gasteiger partial charge in [0, 0.05) is 13.1 Å². The normalized spacial score (nSPS) is 19.5. The quantitative estimate of drug-likeness (QED) is 0.285. The number of sulfonamides is 2. The highest BCUT2D eigenvalue weighted by Crippen LogP contribution is 2.28. The molecule has 38 heavy (non-hydrogen) atoms. The van der Waals surface area contributed by atoms with Crippen LogP contribution in [0.25, 0.3) is 0 Å². The van der Waals surface area contributed by atoms with Gasteiger partial charge in [-0.2, -0.15) is 4.31 Å². The van der Waals surface area contributed by atoms with Crippen LogP contribution in [-0.4, -0.2) is 93.6 Å². The molecule has 1 aliphatic heterocycles. The zero-order valence-corrected chi connectivity index (χ0v) is 22.7. The molecule has 0 aliphatic carbocycles. The molecule has 2 aromatic carbocycles. The highest BCUT2D eigenvalue weighted by atomic mass is 32.2. The maximum absolute atomic E-state index is 13.7. The van der Waals surface area contributed by atoms with Crippen LogP contribution in [0, 0.1) is 13.8 Å². The monoisotopic (exact) mass is 590 g/mol. The fourth-order valence-electron chi connectivity index (χ4n) is 4.08. The molecule has 0 radical (unpaired) electrons. The third kappa shape index (κ3) is 6.22. The topological polar surface area (TPSA) is 213 Å². The van der Waals surface area contributed by atoms with E-state index in [2.05, 4.69) is 4.72 Å². The lowest BCUT2D eigenvalue weighted by Gasteiger charge is -2.30. The van der Waals surface area contributed by atoms with E-state index in [-0.39, 0.29) is 27.1 Å². The summed E-state index contributed by atoms with van der Waals surface area (Å²) in [4.78, 5) is 21.9. The molecule has 1 heterocycles. The number of aromatic carboxylic acids is 2. The lowest BCUT2D eigenvalue weighted by Crippen LogP contribution is -2.49. The predicted molar refractivity (Wildman–Crippen MR) is 134 cm³/mol. The minimum absolute atomic E-state index is 0.150. The van der Waals surface area contributed by atoms with Crippen molar-refractivity contribution in [3.63, 3.8) is 0 Å². The van der Waals surface area contributed by atoms with Gasteiger partial charge in [0.1, 0.15) is 0 Å². The van der Waals surface area contributed by atoms with Crippen molar-refractivity contribution in [2.24, 2.45) is 0 Å². The molecule has 2 aromatic rings. The number of nitrogens with zero attached hydrogens (tertiary/aromatic N) is 1. The molecule has 4 N–H and O–H groups in total. The molecule has 0 unspecified atom stereocenters. The average molecular weight is 591 g/mol. The van der Waals surface area contributed by atoms with Crippen molar-refractivity contribution >= 4 is 41.8 Å². The molecule has 1 aliphatic rings. The first-order valence-corrected chi connectivity index (χ1v) is 15.8. The van der Waals surface area contributed by atoms with Crippen molar-refractivity contribution in [3.8, 4) is 0 Å². The third-order valence-electron chi connectivity index (χ3n) is 6.03. The van der Waals surface area contributed by atoms with Gasteiger partial charge in [-0.15, -0.1) is 0 Å². The van der Waals surface area contributed by atoms with E-state index in [1.54, 1.807) is 0 Å². The number of benzene rings is 2. The van der Waals surface area contributed by atoms with E-state index >= 15 is 0 Å². The van der Waals surface area contributed by atoms with Crippen molar-refractivity contribution in [1.82, 2.24) is 9.03 Å². The van der Waals surface area contributed by atoms with Gasteiger partial charge < -0.3 is 15.3 Å². The van der Waals surface area contributed by atoms with Crippen LogP contribution in [0.3, 0.4) is 0 Å². The summed E-state index contributed by atoms with van der Waals surface area (Å²) in [5, 5.41) is 28.9. The molecule has 0 amide bonds. The van der Waals surface area contributed by atoms with Crippen LogP contribution in [0.2, 0.25) is 0 Å². The zero-order valence-electron chi connectivity index (χ0n) is 20.2. The summed E-state index contributed by atoms with van der Waals surface area (Å²) < 4.78 is 80.3. The number of nitrogens with one attached hydrogen (secondary N) is 1. The first-order valence-electron chi connectivity index (χ1n) is 11.0. The van der Waals surface area contributed by atoms with E-state index in [9.17, 15) is 50.2 Å². The highest BCUT2D eigenvalue weighted by Gasteiger charge is 2.45. The SMILES string of the molecule is Cc1ccc(C(=O)O)cc1S(=O)(=O)NCCN([C@H]1CS(=O)(=O)C[C@H]1O)S(=O)(=O)c1cc(C(=O)O)ccc1C. The van der Waals surface area contributed by atoms with Crippen LogP contribution in [0.15, 0.2) is 46.2 Å². The first-order chi connectivity index (χ1) is 17.5. The second-order valence-corrected chi connectivity index (χ2v) is 14.5. The molecule has 0 saturated carbocycles. The number of aryl methyl sites for hydroxylation is 2. The lowest BCUT2D eigenvalue weighted by molar-refractivity contribution is 0.0685. The summed E-state index contributed by atoms with van der Waals surface area (Å²) in [6.07, 6.45) is -1.61. The molecule has 13 nitrogen and oxygen atoms in total. The molecule has 0 spiro atoms. The number of hydrogen-bond acceptors (Lipinski definition) is 9. The number of carboxylic acid groups (broad SMARTS) is 2. The molecular formula is C22H26N2O11S3. The molecule has 16 heteroatoms. The fourth-order valence-corrected chi connectivity index (χ4v) is 9.17. The summed E-state index contributed by atoms with van der Waals surface area (Å²) >= 11 is 0. The van der Waals surface area contributed by atoms with E-state index in [4.69, 9.17) is 0 Å². The Morgan fingerprint density at radius 2 is 1.42 bits per heavy atom. The van der Waals surface area contributed by atoms with Crippen molar-refractivity contribution < 1.29 is 50.2 Å². The number of carbonyl (C=O) groups is 2. The Balaban J connectivity index is 1.98. The van der Waals surface area contributed by atoms with Crippen LogP contribution in [0.4, 0.5) is 0 Å². The number of carboxylic acids is 2. The summed E-state index contributed by atoms with van der Waals surface area (Å²) in [6.45, 7) is 1.65. The summed E-state index contributed by atoms with van der Waals surface area (Å²) in [5.74, 6) is -4.18. The van der Waals surface area contributed by atoms with Crippen LogP contribution >= 0.6 is 0 Å². The van der Waals surface area contributed by atoms with Gasteiger partial charge in [-0.1, -0.05) is 12.1 Å². The van der Waals surface area contributed by atoms with Crippen molar-refractivity contribution in [1.29, 1.82) is 0 Å². The number of hydrogen-bond donors (Lipinski definition) is 4. The predicted octanol–water partition coefficient (Wildman–Crippen LogP) is -0.173. The maximum Gasteiger partial charge on any atom is 0.335 e. The Labute approximate surface area is 219 Å². The summed E-state index contributed by atoms with van der Waals surface area (Å²) in [5.41, 5.74) is -0.251. The van der Waals surface area contributed by atoms with Crippen molar-refractivity contribution in [2.45, 2.75) is 35.8 Å². The van der Waals surface area contributed by atoms with Gasteiger partial charge in [0.15, 0.2) is 9.84 Å². The fraction of sp³-hybridized carbons (Fsp3) is 0.364. The van der Waals surface area contributed by atoms with Gasteiger partial charge in [-0.3, -0.25) is 0 Å². The van der Waals surface area contributed by atoms with E-state index < -0.39 is 83.5 Å². The smallest absolute Gasteiger partial charge is 0.335 e. The Bertz CT molecular complexity index is 1600. The molecule has 3 rings (SSSR count). The largest absolute Gasteiger partial charge is 0.478 e. The molecule has 208 valence electrons. The molecular weight excluding hydrogens is 564 g/mol. The standard InChI is InChI=1S/C22H26N2O11S3/c1-13-3-5-15(21(26)27)9-19(13)37(32,33)23-7-8-24(17-11-36(30,31)12-18(17)25)38(34,35)20-10-16(22(28)29)6-4-14(20)2/h3-6,9-10,17-18,23,25H,7-8,11-12H2,1-2H3,(H,26,27)(H,28,29)/t17-,18+/m0/s1. The highest BCUT2D eigenvalue weighted by molar-refractivity contribution is 7.92. The molecule has 1 saturated heterocycles. The van der Waals surface area contributed by atoms with Gasteiger partial charge in [-0.05, 0) is 49.2 Å². The number of sulfone groups is 1. The van der Waals surface area contributed by atoms with Crippen LogP contribution in [0.1, 0.15) is 31.8 Å². The van der Waals surface area contributed by atoms with Gasteiger partial charge in [0.2, 0.25) is 20.0 Å². The molecule has 0 bridgehead atoms. The summed E-state index contributed by atoms with van der Waals surface area (Å²) in [6, 6.07) is 5.37. The third-order valence-corrected chi connectivity index (χ3v) is 11.4. The van der Waals surface area contributed by atoms with Gasteiger partial charge >= 0.3 is 11.9 Å². The second kappa shape index (κ2) is 10.7. The van der Waals surface area contributed by atoms with Crippen molar-refractivity contribution in [3.05, 3.63) is 58.7 Å². The van der Waals surface area contributed by atoms with Crippen molar-refractivity contribution in [2.75, 3.05) is 24.6 Å². The molecule has 2 atom stereocenters. The maximum atomic E-state index is 13.7. The van der Waals surface area contributed by atoms with Crippen LogP contribution < -0.4 is 4.72 Å². The van der Waals surface area contributed by atoms with Gasteiger partial charge in [0.05, 0.1) is 44.6 Å². The first kappa shape index (κ1) is 29.7. The van der Waals surface area contributed by atoms with E-state index in [1.165, 1.54) is 38.1 Å². The Morgan fingerprint density at radius 3 is 1.89 bits per heavy atom. The van der Waals surface area contributed by atoms with Gasteiger partial charge in [-0.25, -0.2) is 39.6 Å². The number of aliphatic hydroxyl groups excluding tert-OH is 1. The minimum atomic E-state index is -4.63. The van der Waals surface area contributed by atoms with Crippen LogP contribution in [-0.2, 0) is 29.9 Å². The average Bonchev–Trinajstić information content (AvgIpc) is 3.07. The van der Waals surface area contributed by atoms with Gasteiger partial charge in [0.25, 0.3) is 0 Å². The Morgan fingerprint density at radius 1 is 0.921 bits per heavy atom. The van der Waals surface area contributed by atoms with E-state index in [1.807, 2.05) is 0 Å². The van der Waals surface area contributed by atoms with E-state index in [0.717, 1.165) is 12.1 Å². The Hall–Kier alpha value is -2.89. The van der Waals surface area contributed by atoms with Crippen LogP contribution in [0.5, 0.6) is 0 Å². The Kier molecular flexibility index (Phi) is 8.35. The molecule has 1 fully saturated rings. The number of aliphatic hydroxyl groups is 1. The molecule has 0 aromatic heterocycles.